The average Bonchev–Trinajstić information content (AvgIpc) is 2.95. The number of aromatic nitrogens is 2. The van der Waals surface area contributed by atoms with Crippen molar-refractivity contribution in [2.24, 2.45) is 0 Å². The zero-order valence-corrected chi connectivity index (χ0v) is 16.3. The van der Waals surface area contributed by atoms with Crippen molar-refractivity contribution in [3.8, 4) is 11.5 Å². The van der Waals surface area contributed by atoms with Gasteiger partial charge in [0.2, 0.25) is 15.9 Å². The number of oxazole rings is 1. The molecule has 0 unspecified atom stereocenters. The van der Waals surface area contributed by atoms with Gasteiger partial charge in [0.1, 0.15) is 5.76 Å². The molecule has 0 aliphatic heterocycles. The summed E-state index contributed by atoms with van der Waals surface area (Å²) in [4.78, 5) is 11.0. The topological polar surface area (TPSA) is 88.3 Å². The van der Waals surface area contributed by atoms with Crippen LogP contribution in [-0.2, 0) is 23.1 Å². The first kappa shape index (κ1) is 19.1. The Morgan fingerprint density at radius 1 is 1.11 bits per heavy atom. The van der Waals surface area contributed by atoms with E-state index in [1.165, 1.54) is 0 Å². The molecule has 3 rings (SSSR count). The fourth-order valence-electron chi connectivity index (χ4n) is 2.73. The molecule has 2 heterocycles. The minimum atomic E-state index is -3.40. The highest BCUT2D eigenvalue weighted by molar-refractivity contribution is 7.92. The number of anilines is 1. The van der Waals surface area contributed by atoms with Crippen molar-refractivity contribution >= 4 is 15.7 Å². The molecule has 0 radical (unpaired) electrons. The summed E-state index contributed by atoms with van der Waals surface area (Å²) in [5.74, 6) is 1.09. The maximum atomic E-state index is 11.6. The number of sulfonamides is 1. The number of para-hydroxylation sites is 1. The molecule has 0 saturated carbocycles. The molecule has 0 bridgehead atoms. The number of hydrogen-bond acceptors (Lipinski definition) is 6. The van der Waals surface area contributed by atoms with Crippen LogP contribution >= 0.6 is 0 Å². The summed E-state index contributed by atoms with van der Waals surface area (Å²) < 4.78 is 31.5. The number of rotatable bonds is 7. The highest BCUT2D eigenvalue weighted by Gasteiger charge is 2.17. The first-order valence-corrected chi connectivity index (χ1v) is 10.3. The lowest BCUT2D eigenvalue weighted by Gasteiger charge is -2.14. The van der Waals surface area contributed by atoms with E-state index in [0.29, 0.717) is 36.0 Å². The van der Waals surface area contributed by atoms with Crippen molar-refractivity contribution in [2.45, 2.75) is 20.0 Å². The first-order chi connectivity index (χ1) is 12.8. The van der Waals surface area contributed by atoms with E-state index in [1.807, 2.05) is 38.2 Å². The number of pyridine rings is 1. The summed E-state index contributed by atoms with van der Waals surface area (Å²) in [5, 5.41) is 0. The van der Waals surface area contributed by atoms with Crippen molar-refractivity contribution in [2.75, 3.05) is 18.0 Å². The van der Waals surface area contributed by atoms with Crippen LogP contribution in [0.3, 0.4) is 0 Å². The molecule has 0 atom stereocenters. The van der Waals surface area contributed by atoms with Crippen LogP contribution in [0.2, 0.25) is 0 Å². The zero-order chi connectivity index (χ0) is 19.4. The average molecular weight is 386 g/mol. The fraction of sp³-hybridized carbons (Fsp3) is 0.263. The summed E-state index contributed by atoms with van der Waals surface area (Å²) in [6, 6.07) is 12.9. The van der Waals surface area contributed by atoms with Crippen LogP contribution in [0.1, 0.15) is 17.1 Å². The van der Waals surface area contributed by atoms with Gasteiger partial charge >= 0.3 is 0 Å². The Balaban J connectivity index is 1.81. The van der Waals surface area contributed by atoms with Crippen molar-refractivity contribution in [3.63, 3.8) is 0 Å². The zero-order valence-electron chi connectivity index (χ0n) is 15.5. The molecule has 1 aromatic carbocycles. The largest absolute Gasteiger partial charge is 0.441 e. The number of hydrogen-bond donors (Lipinski definition) is 1. The van der Waals surface area contributed by atoms with Gasteiger partial charge in [-0.3, -0.25) is 14.6 Å². The second-order valence-electron chi connectivity index (χ2n) is 6.44. The van der Waals surface area contributed by atoms with Crippen molar-refractivity contribution in [1.29, 1.82) is 0 Å². The molecular weight excluding hydrogens is 364 g/mol. The number of nitrogens with one attached hydrogen (secondary N) is 1. The van der Waals surface area contributed by atoms with Gasteiger partial charge in [-0.05, 0) is 38.2 Å². The number of aryl methyl sites for hydroxylation is 1. The summed E-state index contributed by atoms with van der Waals surface area (Å²) >= 11 is 0. The Morgan fingerprint density at radius 3 is 2.56 bits per heavy atom. The van der Waals surface area contributed by atoms with Gasteiger partial charge in [-0.15, -0.1) is 0 Å². The van der Waals surface area contributed by atoms with Gasteiger partial charge in [0.25, 0.3) is 0 Å². The third kappa shape index (κ3) is 5.15. The second kappa shape index (κ2) is 7.89. The van der Waals surface area contributed by atoms with Gasteiger partial charge < -0.3 is 4.42 Å². The molecule has 2 aromatic heterocycles. The van der Waals surface area contributed by atoms with Crippen molar-refractivity contribution < 1.29 is 12.8 Å². The Bertz CT molecular complexity index is 1020. The van der Waals surface area contributed by atoms with Gasteiger partial charge in [-0.25, -0.2) is 13.4 Å². The Kier molecular flexibility index (Phi) is 5.57. The summed E-state index contributed by atoms with van der Waals surface area (Å²) in [6.45, 7) is 3.13. The maximum Gasteiger partial charge on any atom is 0.229 e. The van der Waals surface area contributed by atoms with E-state index < -0.39 is 10.0 Å². The normalized spacial score (nSPS) is 11.7. The Labute approximate surface area is 159 Å². The van der Waals surface area contributed by atoms with Crippen LogP contribution in [0.4, 0.5) is 5.69 Å². The van der Waals surface area contributed by atoms with E-state index in [9.17, 15) is 8.42 Å². The first-order valence-electron chi connectivity index (χ1n) is 8.44. The van der Waals surface area contributed by atoms with Gasteiger partial charge in [-0.1, -0.05) is 18.2 Å². The molecule has 0 aliphatic carbocycles. The molecule has 142 valence electrons. The summed E-state index contributed by atoms with van der Waals surface area (Å²) in [7, 11) is -1.41. The lowest BCUT2D eigenvalue weighted by molar-refractivity contribution is 0.309. The molecule has 3 aromatic rings. The van der Waals surface area contributed by atoms with E-state index in [1.54, 1.807) is 24.4 Å². The molecule has 8 heteroatoms. The molecule has 7 nitrogen and oxygen atoms in total. The molecule has 27 heavy (non-hydrogen) atoms. The minimum absolute atomic E-state index is 0.389. The predicted molar refractivity (Wildman–Crippen MR) is 105 cm³/mol. The molecule has 1 N–H and O–H groups in total. The van der Waals surface area contributed by atoms with E-state index in [-0.39, 0.29) is 0 Å². The highest BCUT2D eigenvalue weighted by atomic mass is 32.2. The van der Waals surface area contributed by atoms with Crippen LogP contribution in [0.15, 0.2) is 53.1 Å². The summed E-state index contributed by atoms with van der Waals surface area (Å²) in [5.41, 5.74) is 2.82. The maximum absolute atomic E-state index is 11.6. The number of nitrogens with zero attached hydrogens (tertiary/aromatic N) is 3. The second-order valence-corrected chi connectivity index (χ2v) is 8.18. The molecular formula is C19H22N4O3S. The van der Waals surface area contributed by atoms with Crippen LogP contribution in [0, 0.1) is 6.92 Å². The SMILES string of the molecule is Cc1oc(-c2ccccc2NS(C)(=O)=O)nc1CN(C)Cc1ccccn1. The standard InChI is InChI=1S/C19H22N4O3S/c1-14-18(13-23(2)12-15-8-6-7-11-20-15)21-19(26-14)16-9-4-5-10-17(16)22-27(3,24)25/h4-11,22H,12-13H2,1-3H3. The van der Waals surface area contributed by atoms with E-state index in [2.05, 4.69) is 19.6 Å². The van der Waals surface area contributed by atoms with Crippen LogP contribution in [-0.4, -0.2) is 36.6 Å². The smallest absolute Gasteiger partial charge is 0.229 e. The Hall–Kier alpha value is -2.71. The molecule has 0 aliphatic rings. The monoisotopic (exact) mass is 386 g/mol. The quantitative estimate of drug-likeness (QED) is 0.671. The third-order valence-corrected chi connectivity index (χ3v) is 4.51. The van der Waals surface area contributed by atoms with E-state index in [0.717, 1.165) is 17.6 Å². The molecule has 0 fully saturated rings. The third-order valence-electron chi connectivity index (χ3n) is 3.92. The van der Waals surface area contributed by atoms with Gasteiger partial charge in [0, 0.05) is 19.3 Å². The van der Waals surface area contributed by atoms with Gasteiger partial charge in [-0.2, -0.15) is 0 Å². The number of benzene rings is 1. The summed E-state index contributed by atoms with van der Waals surface area (Å²) in [6.07, 6.45) is 2.89. The van der Waals surface area contributed by atoms with Crippen LogP contribution in [0.25, 0.3) is 11.5 Å². The van der Waals surface area contributed by atoms with Crippen LogP contribution in [0.5, 0.6) is 0 Å². The predicted octanol–water partition coefficient (Wildman–Crippen LogP) is 3.05. The van der Waals surface area contributed by atoms with Gasteiger partial charge in [0.05, 0.1) is 28.9 Å². The molecule has 0 amide bonds. The van der Waals surface area contributed by atoms with Crippen LogP contribution < -0.4 is 4.72 Å². The molecule has 0 spiro atoms. The fourth-order valence-corrected chi connectivity index (χ4v) is 3.31. The minimum Gasteiger partial charge on any atom is -0.441 e. The van der Waals surface area contributed by atoms with Gasteiger partial charge in [0.15, 0.2) is 0 Å². The van der Waals surface area contributed by atoms with E-state index in [4.69, 9.17) is 4.42 Å². The van der Waals surface area contributed by atoms with E-state index >= 15 is 0 Å². The lowest BCUT2D eigenvalue weighted by atomic mass is 10.2. The highest BCUT2D eigenvalue weighted by Crippen LogP contribution is 2.29. The van der Waals surface area contributed by atoms with Crippen molar-refractivity contribution in [1.82, 2.24) is 14.9 Å². The lowest BCUT2D eigenvalue weighted by Crippen LogP contribution is -2.18. The Morgan fingerprint density at radius 2 is 1.85 bits per heavy atom. The van der Waals surface area contributed by atoms with Crippen molar-refractivity contribution in [3.05, 3.63) is 65.8 Å². The molecule has 0 saturated heterocycles.